The van der Waals surface area contributed by atoms with Crippen molar-refractivity contribution in [3.8, 4) is 0 Å². The molecule has 0 radical (unpaired) electrons. The van der Waals surface area contributed by atoms with Gasteiger partial charge in [0.15, 0.2) is 0 Å². The molecule has 0 N–H and O–H groups in total. The van der Waals surface area contributed by atoms with Crippen molar-refractivity contribution in [3.05, 3.63) is 0 Å². The van der Waals surface area contributed by atoms with Crippen molar-refractivity contribution in [1.82, 2.24) is 0 Å². The molecule has 6 heavy (non-hydrogen) atoms. The molecule has 0 bridgehead atoms. The van der Waals surface area contributed by atoms with E-state index in [1.54, 1.807) is 0 Å². The molecule has 0 unspecified atom stereocenters. The molecule has 0 atom stereocenters. The van der Waals surface area contributed by atoms with Crippen LogP contribution in [0.4, 0.5) is 4.79 Å². The fourth-order valence-electron chi connectivity index (χ4n) is 0. The Balaban J connectivity index is -0.0000000450. The van der Waals surface area contributed by atoms with E-state index >= 15 is 0 Å². The molecule has 0 rings (SSSR count). The quantitative estimate of drug-likeness (QED) is 0.317. The number of carboxylic acid groups (broad SMARTS) is 2. The van der Waals surface area contributed by atoms with Gasteiger partial charge in [-0.3, -0.25) is 0 Å². The minimum Gasteiger partial charge on any atom is -0.652 e. The Kier molecular flexibility index (Phi) is 24.4. The van der Waals surface area contributed by atoms with Gasteiger partial charge in [0.25, 0.3) is 0 Å². The first-order valence-electron chi connectivity index (χ1n) is 0.612. The summed E-state index contributed by atoms with van der Waals surface area (Å²) >= 11 is 0. The third-order valence-corrected chi connectivity index (χ3v) is 0. The van der Waals surface area contributed by atoms with Crippen molar-refractivity contribution >= 4 is 6.16 Å². The molecule has 0 fully saturated rings. The fraction of sp³-hybridized carbons (Fsp3) is 0. The van der Waals surface area contributed by atoms with E-state index in [1.807, 2.05) is 0 Å². The zero-order chi connectivity index (χ0) is 3.58. The van der Waals surface area contributed by atoms with Crippen molar-refractivity contribution in [2.45, 2.75) is 0 Å². The standard InChI is InChI=1S/CH2O3.Na.Ni/c2-1(3)4;;/h(H2,2,3,4);;/q;+1;+2/p-2. The van der Waals surface area contributed by atoms with Gasteiger partial charge in [-0.1, -0.05) is 0 Å². The second kappa shape index (κ2) is 9.23. The maximum atomic E-state index is 8.33. The third-order valence-electron chi connectivity index (χ3n) is 0. The fourth-order valence-corrected chi connectivity index (χ4v) is 0. The number of carbonyl (C=O) groups is 1. The predicted molar refractivity (Wildman–Crippen MR) is 5.40 cm³/mol. The Morgan fingerprint density at radius 1 is 1.33 bits per heavy atom. The Morgan fingerprint density at radius 2 is 1.33 bits per heavy atom. The summed E-state index contributed by atoms with van der Waals surface area (Å²) in [6.07, 6.45) is -2.33. The van der Waals surface area contributed by atoms with Gasteiger partial charge >= 0.3 is 46.0 Å². The Labute approximate surface area is 66.9 Å². The van der Waals surface area contributed by atoms with Gasteiger partial charge in [-0.2, -0.15) is 0 Å². The maximum Gasteiger partial charge on any atom is 2.00 e. The molecule has 0 aliphatic rings. The van der Waals surface area contributed by atoms with Crippen LogP contribution in [0.2, 0.25) is 0 Å². The zero-order valence-corrected chi connectivity index (χ0v) is 6.03. The van der Waals surface area contributed by atoms with Crippen LogP contribution >= 0.6 is 0 Å². The minimum absolute atomic E-state index is 0. The molecular weight excluding hydrogens is 142 g/mol. The first-order valence-corrected chi connectivity index (χ1v) is 0.612. The minimum atomic E-state index is -2.33. The molecule has 3 nitrogen and oxygen atoms in total. The summed E-state index contributed by atoms with van der Waals surface area (Å²) in [5, 5.41) is 16.7. The molecule has 0 saturated heterocycles. The summed E-state index contributed by atoms with van der Waals surface area (Å²) in [6, 6.07) is 0. The van der Waals surface area contributed by atoms with Crippen LogP contribution in [-0.2, 0) is 16.5 Å². The van der Waals surface area contributed by atoms with Crippen molar-refractivity contribution in [1.29, 1.82) is 0 Å². The molecular formula is CNaNiO3+. The van der Waals surface area contributed by atoms with Gasteiger partial charge in [0.05, 0.1) is 0 Å². The van der Waals surface area contributed by atoms with Crippen molar-refractivity contribution < 1.29 is 61.1 Å². The van der Waals surface area contributed by atoms with Gasteiger partial charge in [-0.15, -0.1) is 0 Å². The van der Waals surface area contributed by atoms with Crippen LogP contribution in [0.25, 0.3) is 0 Å². The van der Waals surface area contributed by atoms with Crippen LogP contribution < -0.4 is 39.8 Å². The number of carbonyl (C=O) groups excluding carboxylic acids is 1. The van der Waals surface area contributed by atoms with Gasteiger partial charge in [0.2, 0.25) is 0 Å². The average molecular weight is 142 g/mol. The average Bonchev–Trinajstić information content (AvgIpc) is 0.811. The van der Waals surface area contributed by atoms with Gasteiger partial charge in [-0.05, 0) is 6.16 Å². The molecule has 0 amide bonds. The zero-order valence-electron chi connectivity index (χ0n) is 3.04. The van der Waals surface area contributed by atoms with Crippen LogP contribution in [0.5, 0.6) is 0 Å². The SMILES string of the molecule is O=C([O-])[O-].[Na+].[Ni+2]. The monoisotopic (exact) mass is 141 g/mol. The molecule has 0 heterocycles. The van der Waals surface area contributed by atoms with Crippen LogP contribution in [-0.4, -0.2) is 6.16 Å². The maximum absolute atomic E-state index is 8.33. The molecule has 0 aromatic rings. The summed E-state index contributed by atoms with van der Waals surface area (Å²) in [6.45, 7) is 0. The van der Waals surface area contributed by atoms with E-state index in [9.17, 15) is 0 Å². The smallest absolute Gasteiger partial charge is 0.652 e. The molecule has 32 valence electrons. The molecule has 0 aromatic carbocycles. The van der Waals surface area contributed by atoms with Crippen molar-refractivity contribution in [2.24, 2.45) is 0 Å². The number of hydrogen-bond acceptors (Lipinski definition) is 3. The Bertz CT molecular complexity index is 33.8. The first-order chi connectivity index (χ1) is 1.73. The first kappa shape index (κ1) is 15.9. The molecule has 0 aliphatic heterocycles. The molecule has 5 heteroatoms. The topological polar surface area (TPSA) is 63.2 Å². The van der Waals surface area contributed by atoms with Gasteiger partial charge < -0.3 is 15.0 Å². The van der Waals surface area contributed by atoms with Crippen LogP contribution in [0.15, 0.2) is 0 Å². The van der Waals surface area contributed by atoms with Crippen molar-refractivity contribution in [2.75, 3.05) is 0 Å². The molecule has 0 spiro atoms. The largest absolute Gasteiger partial charge is 2.00 e. The Morgan fingerprint density at radius 3 is 1.33 bits per heavy atom. The van der Waals surface area contributed by atoms with E-state index in [2.05, 4.69) is 0 Å². The summed E-state index contributed by atoms with van der Waals surface area (Å²) in [4.78, 5) is 8.33. The number of hydrogen-bond donors (Lipinski definition) is 0. The van der Waals surface area contributed by atoms with Gasteiger partial charge in [0, 0.05) is 0 Å². The van der Waals surface area contributed by atoms with E-state index in [-0.39, 0.29) is 46.0 Å². The van der Waals surface area contributed by atoms with Crippen molar-refractivity contribution in [3.63, 3.8) is 0 Å². The second-order valence-corrected chi connectivity index (χ2v) is 0.250. The van der Waals surface area contributed by atoms with E-state index in [4.69, 9.17) is 15.0 Å². The number of rotatable bonds is 0. The van der Waals surface area contributed by atoms with Gasteiger partial charge in [-0.25, -0.2) is 0 Å². The van der Waals surface area contributed by atoms with Crippen LogP contribution in [0.1, 0.15) is 0 Å². The van der Waals surface area contributed by atoms with E-state index < -0.39 is 6.16 Å². The summed E-state index contributed by atoms with van der Waals surface area (Å²) in [5.41, 5.74) is 0. The normalized spacial score (nSPS) is 4.00. The van der Waals surface area contributed by atoms with E-state index in [0.717, 1.165) is 0 Å². The molecule has 0 aliphatic carbocycles. The van der Waals surface area contributed by atoms with Crippen LogP contribution in [0, 0.1) is 0 Å². The Hall–Kier alpha value is 0.764. The van der Waals surface area contributed by atoms with Crippen LogP contribution in [0.3, 0.4) is 0 Å². The summed E-state index contributed by atoms with van der Waals surface area (Å²) in [5.74, 6) is 0. The predicted octanol–water partition coefficient (Wildman–Crippen LogP) is -5.45. The van der Waals surface area contributed by atoms with E-state index in [1.165, 1.54) is 0 Å². The summed E-state index contributed by atoms with van der Waals surface area (Å²) < 4.78 is 0. The second-order valence-electron chi connectivity index (χ2n) is 0.250. The van der Waals surface area contributed by atoms with Gasteiger partial charge in [0.1, 0.15) is 0 Å². The van der Waals surface area contributed by atoms with E-state index in [0.29, 0.717) is 0 Å². The molecule has 0 aromatic heterocycles. The third kappa shape index (κ3) is 116. The summed E-state index contributed by atoms with van der Waals surface area (Å²) in [7, 11) is 0. The molecule has 0 saturated carbocycles.